The summed E-state index contributed by atoms with van der Waals surface area (Å²) in [7, 11) is 1.19. The van der Waals surface area contributed by atoms with Crippen LogP contribution < -0.4 is 12.4 Å². The summed E-state index contributed by atoms with van der Waals surface area (Å²) in [6.07, 6.45) is 2.52. The molecule has 0 aromatic rings. The lowest BCUT2D eigenvalue weighted by atomic mass is 10.5. The van der Waals surface area contributed by atoms with Crippen LogP contribution in [0.15, 0.2) is 0 Å². The Kier molecular flexibility index (Phi) is 3.81. The van der Waals surface area contributed by atoms with Crippen LogP contribution >= 0.6 is 8.46 Å². The van der Waals surface area contributed by atoms with Gasteiger partial charge in [-0.25, -0.2) is 4.20 Å². The highest BCUT2D eigenvalue weighted by Crippen LogP contribution is 2.04. The van der Waals surface area contributed by atoms with E-state index in [0.29, 0.717) is 0 Å². The maximum atomic E-state index is 4.92. The molecule has 1 aliphatic rings. The van der Waals surface area contributed by atoms with E-state index in [2.05, 4.69) is 0 Å². The summed E-state index contributed by atoms with van der Waals surface area (Å²) >= 11 is 0. The monoisotopic (exact) mass is 124 g/mol. The second-order valence-electron chi connectivity index (χ2n) is 1.04. The van der Waals surface area contributed by atoms with Crippen molar-refractivity contribution in [1.29, 1.82) is 0 Å². The van der Waals surface area contributed by atoms with Gasteiger partial charge in [-0.05, 0) is 0 Å². The van der Waals surface area contributed by atoms with Crippen LogP contribution in [0.25, 0.3) is 0 Å². The molecule has 0 unspecified atom stereocenters. The van der Waals surface area contributed by atoms with Crippen molar-refractivity contribution in [2.45, 2.75) is 6.42 Å². The Morgan fingerprint density at radius 1 is 1.50 bits per heavy atom. The highest BCUT2D eigenvalue weighted by molar-refractivity contribution is 7.24. The van der Waals surface area contributed by atoms with E-state index in [9.17, 15) is 0 Å². The van der Waals surface area contributed by atoms with E-state index >= 15 is 0 Å². The molecule has 1 heterocycles. The molecule has 1 nitrogen and oxygen atoms in total. The Morgan fingerprint density at radius 3 is 2.50 bits per heavy atom. The predicted molar refractivity (Wildman–Crippen MR) is 22.0 cm³/mol. The molecule has 6 heavy (non-hydrogen) atoms. The topological polar surface area (TPSA) is 11.3 Å². The van der Waals surface area contributed by atoms with Crippen LogP contribution in [0.5, 0.6) is 0 Å². The van der Waals surface area contributed by atoms with Gasteiger partial charge >= 0.3 is 8.46 Å². The Morgan fingerprint density at radius 2 is 2.33 bits per heavy atom. The molecule has 0 fully saturated rings. The van der Waals surface area contributed by atoms with Crippen molar-refractivity contribution in [3.63, 3.8) is 0 Å². The minimum Gasteiger partial charge on any atom is -1.00 e. The highest BCUT2D eigenvalue weighted by atomic mass is 35.5. The maximum absolute atomic E-state index is 4.92. The van der Waals surface area contributed by atoms with Gasteiger partial charge in [0.25, 0.3) is 6.61 Å². The van der Waals surface area contributed by atoms with Crippen LogP contribution in [0.1, 0.15) is 6.42 Å². The minimum absolute atomic E-state index is 0. The first kappa shape index (κ1) is 6.39. The quantitative estimate of drug-likeness (QED) is 0.267. The molecule has 0 aromatic heterocycles. The van der Waals surface area contributed by atoms with E-state index < -0.39 is 0 Å². The Balaban J connectivity index is 0.000000250. The number of hydrogen-bond acceptors (Lipinski definition) is 0. The zero-order valence-electron chi connectivity index (χ0n) is 3.35. The fourth-order valence-electron chi connectivity index (χ4n) is 0.323. The molecule has 0 radical (unpaired) electrons. The molecule has 0 spiro atoms. The predicted octanol–water partition coefficient (Wildman–Crippen LogP) is -1.78. The first-order chi connectivity index (χ1) is 2.50. The summed E-state index contributed by atoms with van der Waals surface area (Å²) in [6.45, 7) is 0.988. The summed E-state index contributed by atoms with van der Waals surface area (Å²) < 4.78 is 4.92. The van der Waals surface area contributed by atoms with Gasteiger partial charge in [0.05, 0.1) is 12.6 Å². The van der Waals surface area contributed by atoms with E-state index in [-0.39, 0.29) is 12.4 Å². The van der Waals surface area contributed by atoms with Gasteiger partial charge in [-0.2, -0.15) is 0 Å². The molecule has 0 aromatic carbocycles. The molecule has 1 rings (SSSR count). The van der Waals surface area contributed by atoms with Crippen molar-refractivity contribution >= 4 is 8.46 Å². The maximum Gasteiger partial charge on any atom is 0.393 e. The Bertz CT molecular complexity index is 48.8. The second-order valence-corrected chi connectivity index (χ2v) is 2.00. The van der Waals surface area contributed by atoms with Crippen molar-refractivity contribution in [3.05, 3.63) is 0 Å². The summed E-state index contributed by atoms with van der Waals surface area (Å²) in [5, 5.41) is 0. The first-order valence-electron chi connectivity index (χ1n) is 1.79. The molecule has 0 bridgehead atoms. The molecule has 0 aliphatic carbocycles. The SMILES string of the molecule is C1C[O+]=PC1.[Cl-]. The van der Waals surface area contributed by atoms with Crippen LogP contribution in [-0.2, 0) is 4.20 Å². The van der Waals surface area contributed by atoms with Crippen molar-refractivity contribution in [3.8, 4) is 0 Å². The molecule has 0 saturated carbocycles. The van der Waals surface area contributed by atoms with Crippen LogP contribution in [0.2, 0.25) is 0 Å². The normalized spacial score (nSPS) is 20.0. The van der Waals surface area contributed by atoms with Gasteiger partial charge in [-0.15, -0.1) is 0 Å². The van der Waals surface area contributed by atoms with Crippen LogP contribution in [0.4, 0.5) is 0 Å². The first-order valence-corrected chi connectivity index (χ1v) is 2.79. The van der Waals surface area contributed by atoms with Crippen molar-refractivity contribution < 1.29 is 16.6 Å². The molecular formula is C3H6ClOP. The van der Waals surface area contributed by atoms with Gasteiger partial charge in [-0.3, -0.25) is 0 Å². The average molecular weight is 125 g/mol. The zero-order valence-corrected chi connectivity index (χ0v) is 5.01. The van der Waals surface area contributed by atoms with Gasteiger partial charge in [0, 0.05) is 0 Å². The lowest BCUT2D eigenvalue weighted by Gasteiger charge is -1.54. The minimum atomic E-state index is 0. The van der Waals surface area contributed by atoms with Crippen molar-refractivity contribution in [2.75, 3.05) is 12.8 Å². The molecule has 0 atom stereocenters. The smallest absolute Gasteiger partial charge is 0.393 e. The standard InChI is InChI=1S/C3H6OP.ClH/c1-2-4-5-3-1;/h1-3H2;1H/q+1;/p-1. The highest BCUT2D eigenvalue weighted by Gasteiger charge is 2.02. The number of hydrogen-bond donors (Lipinski definition) is 0. The number of rotatable bonds is 0. The van der Waals surface area contributed by atoms with Gasteiger partial charge in [0.1, 0.15) is 0 Å². The third-order valence-corrected chi connectivity index (χ3v) is 1.44. The summed E-state index contributed by atoms with van der Waals surface area (Å²) in [5.41, 5.74) is 0. The lowest BCUT2D eigenvalue weighted by Crippen LogP contribution is -3.00. The third-order valence-electron chi connectivity index (χ3n) is 0.576. The van der Waals surface area contributed by atoms with E-state index in [1.54, 1.807) is 0 Å². The Hall–Kier alpha value is 0.390. The molecule has 0 N–H and O–H groups in total. The summed E-state index contributed by atoms with van der Waals surface area (Å²) in [6, 6.07) is 0. The van der Waals surface area contributed by atoms with Gasteiger partial charge in [0.15, 0.2) is 0 Å². The van der Waals surface area contributed by atoms with E-state index in [1.165, 1.54) is 21.0 Å². The van der Waals surface area contributed by atoms with Gasteiger partial charge in [0.2, 0.25) is 0 Å². The second kappa shape index (κ2) is 3.58. The summed E-state index contributed by atoms with van der Waals surface area (Å²) in [4.78, 5) is 0. The van der Waals surface area contributed by atoms with E-state index in [1.807, 2.05) is 0 Å². The molecule has 0 amide bonds. The number of halogens is 1. The molecule has 0 saturated heterocycles. The lowest BCUT2D eigenvalue weighted by molar-refractivity contribution is -0.00000292. The van der Waals surface area contributed by atoms with Crippen molar-refractivity contribution in [1.82, 2.24) is 0 Å². The average Bonchev–Trinajstić information content (AvgIpc) is 1.76. The molecular weight excluding hydrogens is 118 g/mol. The fourth-order valence-corrected chi connectivity index (χ4v) is 0.968. The van der Waals surface area contributed by atoms with Crippen LogP contribution in [-0.4, -0.2) is 12.8 Å². The van der Waals surface area contributed by atoms with Gasteiger partial charge in [-0.1, -0.05) is 0 Å². The summed E-state index contributed by atoms with van der Waals surface area (Å²) in [5.74, 6) is 0. The fraction of sp³-hybridized carbons (Fsp3) is 1.00. The van der Waals surface area contributed by atoms with Crippen LogP contribution in [0, 0.1) is 0 Å². The zero-order chi connectivity index (χ0) is 3.54. The van der Waals surface area contributed by atoms with Crippen molar-refractivity contribution in [2.24, 2.45) is 0 Å². The van der Waals surface area contributed by atoms with Gasteiger partial charge < -0.3 is 12.4 Å². The largest absolute Gasteiger partial charge is 1.00 e. The van der Waals surface area contributed by atoms with E-state index in [4.69, 9.17) is 4.20 Å². The van der Waals surface area contributed by atoms with E-state index in [0.717, 1.165) is 6.61 Å². The third kappa shape index (κ3) is 1.74. The molecule has 36 valence electrons. The Labute approximate surface area is 45.1 Å². The molecule has 3 heteroatoms. The van der Waals surface area contributed by atoms with Crippen LogP contribution in [0.3, 0.4) is 0 Å². The molecule has 1 aliphatic heterocycles.